The second kappa shape index (κ2) is 5.68. The van der Waals surface area contributed by atoms with Crippen molar-refractivity contribution in [3.05, 3.63) is 27.9 Å². The molecule has 0 spiro atoms. The van der Waals surface area contributed by atoms with E-state index in [-0.39, 0.29) is 21.9 Å². The highest BCUT2D eigenvalue weighted by atomic mass is 32.2. The van der Waals surface area contributed by atoms with Gasteiger partial charge in [-0.2, -0.15) is 0 Å². The van der Waals surface area contributed by atoms with Gasteiger partial charge in [-0.05, 0) is 63.1 Å². The molecule has 7 heteroatoms. The van der Waals surface area contributed by atoms with Crippen molar-refractivity contribution in [3.8, 4) is 0 Å². The van der Waals surface area contributed by atoms with Crippen molar-refractivity contribution in [3.63, 3.8) is 0 Å². The highest BCUT2D eigenvalue weighted by molar-refractivity contribution is 7.89. The molecule has 2 aliphatic carbocycles. The largest absolute Gasteiger partial charge is 0.308 e. The lowest BCUT2D eigenvalue weighted by molar-refractivity contribution is 0.390. The third kappa shape index (κ3) is 2.62. The molecule has 0 unspecified atom stereocenters. The fourth-order valence-electron chi connectivity index (χ4n) is 4.33. The molecule has 5 nitrogen and oxygen atoms in total. The topological polar surface area (TPSA) is 68.2 Å². The molecule has 1 aromatic heterocycles. The Kier molecular flexibility index (Phi) is 3.85. The van der Waals surface area contributed by atoms with Gasteiger partial charge in [0.1, 0.15) is 0 Å². The molecule has 2 aliphatic rings. The van der Waals surface area contributed by atoms with Gasteiger partial charge in [-0.1, -0.05) is 17.8 Å². The van der Waals surface area contributed by atoms with Crippen LogP contribution in [0.25, 0.3) is 10.2 Å². The fraction of sp³-hybridized carbons (Fsp3) is 0.588. The van der Waals surface area contributed by atoms with Crippen LogP contribution in [0.15, 0.2) is 27.9 Å². The van der Waals surface area contributed by atoms with Gasteiger partial charge in [0.2, 0.25) is 10.0 Å². The lowest BCUT2D eigenvalue weighted by Gasteiger charge is -2.22. The van der Waals surface area contributed by atoms with Crippen molar-refractivity contribution in [1.29, 1.82) is 0 Å². The van der Waals surface area contributed by atoms with Gasteiger partial charge in [-0.25, -0.2) is 13.1 Å². The first kappa shape index (κ1) is 16.3. The predicted molar refractivity (Wildman–Crippen MR) is 96.0 cm³/mol. The summed E-state index contributed by atoms with van der Waals surface area (Å²) in [6.45, 7) is 3.91. The highest BCUT2D eigenvalue weighted by Gasteiger charge is 2.41. The van der Waals surface area contributed by atoms with E-state index in [1.807, 2.05) is 13.8 Å². The zero-order valence-electron chi connectivity index (χ0n) is 13.9. The molecule has 0 amide bonds. The quantitative estimate of drug-likeness (QED) is 0.904. The molecule has 1 N–H and O–H groups in total. The van der Waals surface area contributed by atoms with E-state index in [4.69, 9.17) is 0 Å². The molecule has 3 atom stereocenters. The third-order valence-corrected chi connectivity index (χ3v) is 7.86. The third-order valence-electron chi connectivity index (χ3n) is 5.46. The minimum absolute atomic E-state index is 0.0457. The monoisotopic (exact) mass is 366 g/mol. The second-order valence-electron chi connectivity index (χ2n) is 7.36. The minimum Gasteiger partial charge on any atom is -0.296 e. The van der Waals surface area contributed by atoms with Crippen molar-refractivity contribution in [1.82, 2.24) is 9.29 Å². The van der Waals surface area contributed by atoms with E-state index in [9.17, 15) is 13.2 Å². The summed E-state index contributed by atoms with van der Waals surface area (Å²) in [6.07, 6.45) is 4.50. The SMILES string of the molecule is CC(C)n1c(=O)sc2cc(S(=O)(=O)N[C@@H]3C[C@H]4CC[C@@H]3C4)ccc21. The number of hydrogen-bond acceptors (Lipinski definition) is 4. The van der Waals surface area contributed by atoms with E-state index < -0.39 is 10.0 Å². The molecule has 0 saturated heterocycles. The summed E-state index contributed by atoms with van der Waals surface area (Å²) in [4.78, 5) is 12.3. The summed E-state index contributed by atoms with van der Waals surface area (Å²) in [7, 11) is -3.54. The molecule has 130 valence electrons. The van der Waals surface area contributed by atoms with Crippen LogP contribution in [0.5, 0.6) is 0 Å². The van der Waals surface area contributed by atoms with Crippen LogP contribution in [0.4, 0.5) is 0 Å². The van der Waals surface area contributed by atoms with Crippen molar-refractivity contribution < 1.29 is 8.42 Å². The van der Waals surface area contributed by atoms with Gasteiger partial charge in [0.05, 0.1) is 15.1 Å². The summed E-state index contributed by atoms with van der Waals surface area (Å²) in [6, 6.07) is 5.13. The van der Waals surface area contributed by atoms with Gasteiger partial charge < -0.3 is 0 Å². The Morgan fingerprint density at radius 2 is 2.04 bits per heavy atom. The summed E-state index contributed by atoms with van der Waals surface area (Å²) >= 11 is 1.11. The average molecular weight is 367 g/mol. The first-order chi connectivity index (χ1) is 11.3. The number of aromatic nitrogens is 1. The molecule has 0 radical (unpaired) electrons. The Bertz CT molecular complexity index is 942. The summed E-state index contributed by atoms with van der Waals surface area (Å²) in [5.74, 6) is 1.18. The lowest BCUT2D eigenvalue weighted by atomic mass is 9.96. The van der Waals surface area contributed by atoms with E-state index in [2.05, 4.69) is 4.72 Å². The zero-order chi connectivity index (χ0) is 17.1. The van der Waals surface area contributed by atoms with E-state index in [0.717, 1.165) is 40.8 Å². The molecule has 24 heavy (non-hydrogen) atoms. The Balaban J connectivity index is 1.67. The van der Waals surface area contributed by atoms with Crippen molar-refractivity contribution in [2.45, 2.75) is 56.5 Å². The Morgan fingerprint density at radius 3 is 2.67 bits per heavy atom. The van der Waals surface area contributed by atoms with Gasteiger partial charge >= 0.3 is 4.87 Å². The van der Waals surface area contributed by atoms with Crippen molar-refractivity contribution in [2.24, 2.45) is 11.8 Å². The molecular formula is C17H22N2O3S2. The van der Waals surface area contributed by atoms with Crippen LogP contribution in [0.1, 0.15) is 45.6 Å². The van der Waals surface area contributed by atoms with Gasteiger partial charge in [0, 0.05) is 12.1 Å². The number of rotatable bonds is 4. The maximum absolute atomic E-state index is 12.7. The predicted octanol–water partition coefficient (Wildman–Crippen LogP) is 3.11. The standard InChI is InChI=1S/C17H22N2O3S2/c1-10(2)19-15-6-5-13(9-16(15)23-17(19)20)24(21,22)18-14-8-11-3-4-12(14)7-11/h5-6,9-12,14,18H,3-4,7-8H2,1-2H3/t11-,12+,14+/m0/s1. The van der Waals surface area contributed by atoms with Crippen LogP contribution in [-0.2, 0) is 10.0 Å². The van der Waals surface area contributed by atoms with Crippen LogP contribution < -0.4 is 9.60 Å². The molecule has 2 bridgehead atoms. The average Bonchev–Trinajstić information content (AvgIpc) is 3.18. The first-order valence-corrected chi connectivity index (χ1v) is 10.8. The molecule has 1 aromatic carbocycles. The normalized spacial score (nSPS) is 26.7. The summed E-state index contributed by atoms with van der Waals surface area (Å²) < 4.78 is 30.8. The number of fused-ring (bicyclic) bond motifs is 3. The molecule has 4 rings (SSSR count). The lowest BCUT2D eigenvalue weighted by Crippen LogP contribution is -2.38. The van der Waals surface area contributed by atoms with Gasteiger partial charge in [0.25, 0.3) is 0 Å². The van der Waals surface area contributed by atoms with E-state index >= 15 is 0 Å². The van der Waals surface area contributed by atoms with E-state index in [1.54, 1.807) is 22.8 Å². The molecule has 0 aliphatic heterocycles. The maximum atomic E-state index is 12.7. The van der Waals surface area contributed by atoms with E-state index in [0.29, 0.717) is 11.8 Å². The van der Waals surface area contributed by atoms with Crippen LogP contribution in [0.2, 0.25) is 0 Å². The molecular weight excluding hydrogens is 344 g/mol. The van der Waals surface area contributed by atoms with Crippen LogP contribution in [-0.4, -0.2) is 19.0 Å². The number of nitrogens with one attached hydrogen (secondary N) is 1. The second-order valence-corrected chi connectivity index (χ2v) is 10.1. The Hall–Kier alpha value is -1.18. The van der Waals surface area contributed by atoms with Gasteiger partial charge in [0.15, 0.2) is 0 Å². The summed E-state index contributed by atoms with van der Waals surface area (Å²) in [5, 5.41) is 0. The zero-order valence-corrected chi connectivity index (χ0v) is 15.5. The number of thiazole rings is 1. The van der Waals surface area contributed by atoms with Crippen LogP contribution in [0, 0.1) is 11.8 Å². The highest BCUT2D eigenvalue weighted by Crippen LogP contribution is 2.44. The fourth-order valence-corrected chi connectivity index (χ4v) is 6.80. The van der Waals surface area contributed by atoms with Crippen molar-refractivity contribution in [2.75, 3.05) is 0 Å². The molecule has 2 fully saturated rings. The van der Waals surface area contributed by atoms with Crippen LogP contribution >= 0.6 is 11.3 Å². The Morgan fingerprint density at radius 1 is 1.25 bits per heavy atom. The summed E-state index contributed by atoms with van der Waals surface area (Å²) in [5.41, 5.74) is 0.805. The Labute approximate surface area is 145 Å². The van der Waals surface area contributed by atoms with Crippen LogP contribution in [0.3, 0.4) is 0 Å². The molecule has 1 heterocycles. The number of sulfonamides is 1. The number of benzene rings is 1. The van der Waals surface area contributed by atoms with Gasteiger partial charge in [-0.15, -0.1) is 0 Å². The maximum Gasteiger partial charge on any atom is 0.308 e. The first-order valence-electron chi connectivity index (χ1n) is 8.52. The number of nitrogens with zero attached hydrogens (tertiary/aromatic N) is 1. The van der Waals surface area contributed by atoms with Gasteiger partial charge in [-0.3, -0.25) is 9.36 Å². The minimum atomic E-state index is -3.54. The molecule has 2 aromatic rings. The smallest absolute Gasteiger partial charge is 0.296 e. The number of hydrogen-bond donors (Lipinski definition) is 1. The van der Waals surface area contributed by atoms with Crippen molar-refractivity contribution >= 4 is 31.6 Å². The van der Waals surface area contributed by atoms with E-state index in [1.165, 1.54) is 6.42 Å². The molecule has 2 saturated carbocycles.